The Hall–Kier alpha value is -1.51. The van der Waals surface area contributed by atoms with Gasteiger partial charge in [-0.1, -0.05) is 25.1 Å². The van der Waals surface area contributed by atoms with Gasteiger partial charge < -0.3 is 4.90 Å². The SMILES string of the molecule is Cc1ccccc1N(C)C(=O)N1CCCC(C)C1. The second-order valence-electron chi connectivity index (χ2n) is 5.32. The molecule has 1 aliphatic rings. The lowest BCUT2D eigenvalue weighted by atomic mass is 10.0. The number of piperidine rings is 1. The number of carbonyl (C=O) groups is 1. The Balaban J connectivity index is 2.11. The number of para-hydroxylation sites is 1. The Morgan fingerprint density at radius 1 is 1.39 bits per heavy atom. The van der Waals surface area contributed by atoms with Crippen LogP contribution in [0, 0.1) is 12.8 Å². The molecule has 1 aromatic rings. The number of amides is 2. The van der Waals surface area contributed by atoms with Gasteiger partial charge in [0.25, 0.3) is 0 Å². The molecule has 1 aliphatic heterocycles. The molecule has 0 spiro atoms. The largest absolute Gasteiger partial charge is 0.324 e. The Morgan fingerprint density at radius 2 is 2.11 bits per heavy atom. The third-order valence-corrected chi connectivity index (χ3v) is 3.69. The molecule has 1 saturated heterocycles. The lowest BCUT2D eigenvalue weighted by Gasteiger charge is -2.34. The van der Waals surface area contributed by atoms with Crippen molar-refractivity contribution in [1.82, 2.24) is 4.90 Å². The minimum absolute atomic E-state index is 0.121. The summed E-state index contributed by atoms with van der Waals surface area (Å²) in [5, 5.41) is 0. The average molecular weight is 246 g/mol. The number of carbonyl (C=O) groups excluding carboxylic acids is 1. The van der Waals surface area contributed by atoms with E-state index in [0.29, 0.717) is 5.92 Å². The molecule has 98 valence electrons. The third-order valence-electron chi connectivity index (χ3n) is 3.69. The van der Waals surface area contributed by atoms with E-state index >= 15 is 0 Å². The molecule has 1 fully saturated rings. The van der Waals surface area contributed by atoms with Gasteiger partial charge in [0, 0.05) is 25.8 Å². The fourth-order valence-corrected chi connectivity index (χ4v) is 2.62. The van der Waals surface area contributed by atoms with Crippen LogP contribution in [0.25, 0.3) is 0 Å². The van der Waals surface area contributed by atoms with Crippen LogP contribution in [0.1, 0.15) is 25.3 Å². The van der Waals surface area contributed by atoms with E-state index < -0.39 is 0 Å². The molecule has 0 N–H and O–H groups in total. The maximum absolute atomic E-state index is 12.4. The van der Waals surface area contributed by atoms with E-state index in [4.69, 9.17) is 0 Å². The molecule has 3 heteroatoms. The van der Waals surface area contributed by atoms with E-state index in [-0.39, 0.29) is 6.03 Å². The normalized spacial score (nSPS) is 19.7. The molecular formula is C15H22N2O. The summed E-state index contributed by atoms with van der Waals surface area (Å²) < 4.78 is 0. The first-order valence-electron chi connectivity index (χ1n) is 6.68. The quantitative estimate of drug-likeness (QED) is 0.746. The van der Waals surface area contributed by atoms with Crippen LogP contribution in [0.3, 0.4) is 0 Å². The number of rotatable bonds is 1. The zero-order chi connectivity index (χ0) is 13.1. The minimum atomic E-state index is 0.121. The topological polar surface area (TPSA) is 23.6 Å². The van der Waals surface area contributed by atoms with E-state index in [9.17, 15) is 4.79 Å². The number of anilines is 1. The number of benzene rings is 1. The molecule has 2 amide bonds. The van der Waals surface area contributed by atoms with E-state index in [2.05, 4.69) is 6.92 Å². The second kappa shape index (κ2) is 5.42. The lowest BCUT2D eigenvalue weighted by Crippen LogP contribution is -2.46. The number of nitrogens with zero attached hydrogens (tertiary/aromatic N) is 2. The van der Waals surface area contributed by atoms with Gasteiger partial charge in [-0.25, -0.2) is 4.79 Å². The van der Waals surface area contributed by atoms with Gasteiger partial charge in [0.15, 0.2) is 0 Å². The summed E-state index contributed by atoms with van der Waals surface area (Å²) in [6, 6.07) is 8.14. The van der Waals surface area contributed by atoms with E-state index in [1.54, 1.807) is 4.90 Å². The maximum atomic E-state index is 12.4. The minimum Gasteiger partial charge on any atom is -0.324 e. The van der Waals surface area contributed by atoms with Gasteiger partial charge in [-0.2, -0.15) is 0 Å². The zero-order valence-electron chi connectivity index (χ0n) is 11.5. The van der Waals surface area contributed by atoms with Crippen molar-refractivity contribution in [2.45, 2.75) is 26.7 Å². The molecule has 1 aromatic carbocycles. The van der Waals surface area contributed by atoms with Gasteiger partial charge in [-0.05, 0) is 37.3 Å². The molecule has 0 radical (unpaired) electrons. The van der Waals surface area contributed by atoms with Gasteiger partial charge in [-0.15, -0.1) is 0 Å². The van der Waals surface area contributed by atoms with Gasteiger partial charge in [-0.3, -0.25) is 4.90 Å². The second-order valence-corrected chi connectivity index (χ2v) is 5.32. The summed E-state index contributed by atoms with van der Waals surface area (Å²) in [6.07, 6.45) is 2.35. The van der Waals surface area contributed by atoms with Crippen LogP contribution in [0.2, 0.25) is 0 Å². The average Bonchev–Trinajstić information content (AvgIpc) is 2.37. The first kappa shape index (κ1) is 12.9. The third kappa shape index (κ3) is 2.66. The van der Waals surface area contributed by atoms with E-state index in [1.165, 1.54) is 6.42 Å². The zero-order valence-corrected chi connectivity index (χ0v) is 11.5. The van der Waals surface area contributed by atoms with Crippen LogP contribution in [0.4, 0.5) is 10.5 Å². The summed E-state index contributed by atoms with van der Waals surface area (Å²) in [4.78, 5) is 16.2. The van der Waals surface area contributed by atoms with Crippen molar-refractivity contribution in [2.75, 3.05) is 25.0 Å². The highest BCUT2D eigenvalue weighted by molar-refractivity contribution is 5.92. The van der Waals surface area contributed by atoms with Crippen LogP contribution in [-0.4, -0.2) is 31.1 Å². The summed E-state index contributed by atoms with van der Waals surface area (Å²) in [5.74, 6) is 0.618. The standard InChI is InChI=1S/C15H22N2O/c1-12-7-6-10-17(11-12)15(18)16(3)14-9-5-4-8-13(14)2/h4-5,8-9,12H,6-7,10-11H2,1-3H3. The van der Waals surface area contributed by atoms with Crippen LogP contribution < -0.4 is 4.90 Å². The predicted molar refractivity (Wildman–Crippen MR) is 74.9 cm³/mol. The Bertz CT molecular complexity index is 430. The first-order chi connectivity index (χ1) is 8.59. The first-order valence-corrected chi connectivity index (χ1v) is 6.68. The highest BCUT2D eigenvalue weighted by Crippen LogP contribution is 2.22. The number of aryl methyl sites for hydroxylation is 1. The summed E-state index contributed by atoms with van der Waals surface area (Å²) in [5.41, 5.74) is 2.14. The molecule has 1 atom stereocenters. The fraction of sp³-hybridized carbons (Fsp3) is 0.533. The maximum Gasteiger partial charge on any atom is 0.324 e. The molecule has 0 saturated carbocycles. The number of likely N-dealkylation sites (tertiary alicyclic amines) is 1. The van der Waals surface area contributed by atoms with Crippen molar-refractivity contribution in [2.24, 2.45) is 5.92 Å². The molecule has 0 aromatic heterocycles. The number of hydrogen-bond acceptors (Lipinski definition) is 1. The summed E-state index contributed by atoms with van der Waals surface area (Å²) >= 11 is 0. The van der Waals surface area contributed by atoms with Crippen LogP contribution in [-0.2, 0) is 0 Å². The van der Waals surface area contributed by atoms with Crippen molar-refractivity contribution < 1.29 is 4.79 Å². The lowest BCUT2D eigenvalue weighted by molar-refractivity contribution is 0.177. The Morgan fingerprint density at radius 3 is 2.78 bits per heavy atom. The number of hydrogen-bond donors (Lipinski definition) is 0. The van der Waals surface area contributed by atoms with Gasteiger partial charge in [0.1, 0.15) is 0 Å². The molecule has 2 rings (SSSR count). The highest BCUT2D eigenvalue weighted by Gasteiger charge is 2.24. The van der Waals surface area contributed by atoms with Crippen molar-refractivity contribution >= 4 is 11.7 Å². The number of urea groups is 1. The molecule has 1 heterocycles. The molecule has 1 unspecified atom stereocenters. The van der Waals surface area contributed by atoms with Crippen molar-refractivity contribution in [3.63, 3.8) is 0 Å². The molecule has 0 aliphatic carbocycles. The van der Waals surface area contributed by atoms with Crippen molar-refractivity contribution in [1.29, 1.82) is 0 Å². The van der Waals surface area contributed by atoms with Crippen LogP contribution >= 0.6 is 0 Å². The monoisotopic (exact) mass is 246 g/mol. The van der Waals surface area contributed by atoms with Gasteiger partial charge >= 0.3 is 6.03 Å². The fourth-order valence-electron chi connectivity index (χ4n) is 2.62. The van der Waals surface area contributed by atoms with E-state index in [1.807, 2.05) is 43.1 Å². The van der Waals surface area contributed by atoms with Gasteiger partial charge in [0.2, 0.25) is 0 Å². The summed E-state index contributed by atoms with van der Waals surface area (Å²) in [7, 11) is 1.87. The molecule has 0 bridgehead atoms. The Kier molecular flexibility index (Phi) is 3.90. The summed E-state index contributed by atoms with van der Waals surface area (Å²) in [6.45, 7) is 6.03. The van der Waals surface area contributed by atoms with Gasteiger partial charge in [0.05, 0.1) is 0 Å². The Labute approximate surface area is 109 Å². The molecule has 18 heavy (non-hydrogen) atoms. The van der Waals surface area contributed by atoms with Crippen LogP contribution in [0.15, 0.2) is 24.3 Å². The molecule has 3 nitrogen and oxygen atoms in total. The highest BCUT2D eigenvalue weighted by atomic mass is 16.2. The smallest absolute Gasteiger partial charge is 0.324 e. The molecular weight excluding hydrogens is 224 g/mol. The van der Waals surface area contributed by atoms with E-state index in [0.717, 1.165) is 30.8 Å². The van der Waals surface area contributed by atoms with Crippen molar-refractivity contribution in [3.05, 3.63) is 29.8 Å². The van der Waals surface area contributed by atoms with Crippen molar-refractivity contribution in [3.8, 4) is 0 Å². The predicted octanol–water partition coefficient (Wildman–Crippen LogP) is 3.28. The van der Waals surface area contributed by atoms with Crippen LogP contribution in [0.5, 0.6) is 0 Å².